The van der Waals surface area contributed by atoms with E-state index in [1.54, 1.807) is 6.07 Å². The summed E-state index contributed by atoms with van der Waals surface area (Å²) in [6, 6.07) is 6.20. The first-order valence-corrected chi connectivity index (χ1v) is 9.58. The zero-order valence-electron chi connectivity index (χ0n) is 17.9. The van der Waals surface area contributed by atoms with Gasteiger partial charge in [-0.15, -0.1) is 0 Å². The highest BCUT2D eigenvalue weighted by Crippen LogP contribution is 2.32. The van der Waals surface area contributed by atoms with Crippen LogP contribution in [0.4, 0.5) is 0 Å². The molecule has 0 amide bonds. The molecule has 1 heterocycles. The highest BCUT2D eigenvalue weighted by molar-refractivity contribution is 6.01. The largest absolute Gasteiger partial charge is 0.495 e. The van der Waals surface area contributed by atoms with E-state index in [1.165, 1.54) is 30.9 Å². The number of methoxy groups -OCH3 is 1. The minimum atomic E-state index is -0.669. The normalized spacial score (nSPS) is 12.5. The molecule has 156 valence electrons. The van der Waals surface area contributed by atoms with Crippen LogP contribution in [0.5, 0.6) is 5.75 Å². The van der Waals surface area contributed by atoms with Crippen molar-refractivity contribution in [2.24, 2.45) is 0 Å². The van der Waals surface area contributed by atoms with Gasteiger partial charge in [0.15, 0.2) is 5.78 Å². The Morgan fingerprint density at radius 3 is 2.45 bits per heavy atom. The molecule has 0 N–H and O–H groups in total. The van der Waals surface area contributed by atoms with Gasteiger partial charge in [0.1, 0.15) is 12.0 Å². The third kappa shape index (κ3) is 5.64. The zero-order chi connectivity index (χ0) is 21.8. The molecule has 0 aliphatic rings. The average Bonchev–Trinajstić information content (AvgIpc) is 2.64. The van der Waals surface area contributed by atoms with E-state index >= 15 is 0 Å². The van der Waals surface area contributed by atoms with Crippen LogP contribution in [0.15, 0.2) is 35.3 Å². The van der Waals surface area contributed by atoms with Crippen LogP contribution in [0.1, 0.15) is 56.1 Å². The summed E-state index contributed by atoms with van der Waals surface area (Å²) in [6.07, 6.45) is 2.63. The molecule has 0 saturated heterocycles. The van der Waals surface area contributed by atoms with E-state index in [9.17, 15) is 14.4 Å². The highest BCUT2D eigenvalue weighted by Gasteiger charge is 2.20. The Balaban J connectivity index is 2.49. The van der Waals surface area contributed by atoms with Crippen molar-refractivity contribution in [2.75, 3.05) is 13.7 Å². The summed E-state index contributed by atoms with van der Waals surface area (Å²) >= 11 is 0. The van der Waals surface area contributed by atoms with Crippen molar-refractivity contribution in [3.63, 3.8) is 0 Å². The first-order chi connectivity index (χ1) is 13.6. The van der Waals surface area contributed by atoms with Crippen molar-refractivity contribution >= 4 is 12.1 Å². The maximum atomic E-state index is 12.8. The lowest BCUT2D eigenvalue weighted by molar-refractivity contribution is -0.111. The number of carbonyl (C=O) groups excluding carboxylic acids is 2. The number of carbonyl (C=O) groups is 2. The first-order valence-electron chi connectivity index (χ1n) is 9.58. The van der Waals surface area contributed by atoms with Gasteiger partial charge in [0, 0.05) is 23.8 Å². The molecule has 0 spiro atoms. The van der Waals surface area contributed by atoms with Gasteiger partial charge in [-0.05, 0) is 46.6 Å². The fraction of sp³-hybridized carbons (Fsp3) is 0.435. The molecular weight excluding hydrogens is 370 g/mol. The Morgan fingerprint density at radius 2 is 1.90 bits per heavy atom. The van der Waals surface area contributed by atoms with Crippen molar-refractivity contribution in [3.05, 3.63) is 51.9 Å². The van der Waals surface area contributed by atoms with Gasteiger partial charge in [-0.25, -0.2) is 0 Å². The minimum Gasteiger partial charge on any atom is -0.495 e. The summed E-state index contributed by atoms with van der Waals surface area (Å²) in [5, 5.41) is 0. The van der Waals surface area contributed by atoms with Gasteiger partial charge in [0.05, 0.1) is 24.9 Å². The van der Waals surface area contributed by atoms with Crippen LogP contribution in [-0.4, -0.2) is 36.0 Å². The number of pyridine rings is 1. The number of benzene rings is 1. The summed E-state index contributed by atoms with van der Waals surface area (Å²) in [5.41, 5.74) is 1.96. The number of ether oxygens (including phenoxy) is 2. The molecule has 1 aromatic heterocycles. The minimum absolute atomic E-state index is 0.101. The van der Waals surface area contributed by atoms with E-state index in [0.29, 0.717) is 35.5 Å². The standard InChI is InChI=1S/C23H29NO5/c1-15-7-8-18(16(2)26)19(11-15)20-12-22(27)24(13-21(20)28-6)17(14-25)9-10-29-23(3,4)5/h7-8,11-14,17H,9-10H2,1-6H3. The molecule has 2 aromatic rings. The van der Waals surface area contributed by atoms with Gasteiger partial charge in [0.2, 0.25) is 0 Å². The van der Waals surface area contributed by atoms with Gasteiger partial charge in [0.25, 0.3) is 5.56 Å². The number of hydrogen-bond acceptors (Lipinski definition) is 5. The lowest BCUT2D eigenvalue weighted by Gasteiger charge is -2.22. The molecule has 0 aliphatic carbocycles. The number of rotatable bonds is 8. The third-order valence-corrected chi connectivity index (χ3v) is 4.57. The molecule has 29 heavy (non-hydrogen) atoms. The summed E-state index contributed by atoms with van der Waals surface area (Å²) in [7, 11) is 1.50. The monoisotopic (exact) mass is 399 g/mol. The number of aldehydes is 1. The van der Waals surface area contributed by atoms with Crippen molar-refractivity contribution in [3.8, 4) is 16.9 Å². The van der Waals surface area contributed by atoms with Gasteiger partial charge in [-0.2, -0.15) is 0 Å². The van der Waals surface area contributed by atoms with Crippen LogP contribution in [0, 0.1) is 6.92 Å². The second-order valence-electron chi connectivity index (χ2n) is 8.06. The van der Waals surface area contributed by atoms with E-state index < -0.39 is 6.04 Å². The van der Waals surface area contributed by atoms with Crippen molar-refractivity contribution in [1.29, 1.82) is 0 Å². The smallest absolute Gasteiger partial charge is 0.252 e. The van der Waals surface area contributed by atoms with Crippen molar-refractivity contribution < 1.29 is 19.1 Å². The summed E-state index contributed by atoms with van der Waals surface area (Å²) < 4.78 is 12.5. The van der Waals surface area contributed by atoms with E-state index in [0.717, 1.165) is 11.8 Å². The lowest BCUT2D eigenvalue weighted by atomic mass is 9.95. The van der Waals surface area contributed by atoms with Gasteiger partial charge >= 0.3 is 0 Å². The molecule has 0 radical (unpaired) electrons. The number of hydrogen-bond donors (Lipinski definition) is 0. The van der Waals surface area contributed by atoms with Crippen LogP contribution in [0.2, 0.25) is 0 Å². The Kier molecular flexibility index (Phi) is 7.14. The Bertz CT molecular complexity index is 953. The van der Waals surface area contributed by atoms with Crippen molar-refractivity contribution in [1.82, 2.24) is 4.57 Å². The molecule has 1 aromatic carbocycles. The third-order valence-electron chi connectivity index (χ3n) is 4.57. The predicted molar refractivity (Wildman–Crippen MR) is 113 cm³/mol. The Labute approximate surface area is 171 Å². The van der Waals surface area contributed by atoms with Gasteiger partial charge in [-0.1, -0.05) is 23.8 Å². The number of Topliss-reactive ketones (excluding diaryl/α,β-unsaturated/α-hetero) is 1. The maximum absolute atomic E-state index is 12.8. The summed E-state index contributed by atoms with van der Waals surface area (Å²) in [5.74, 6) is 0.317. The lowest BCUT2D eigenvalue weighted by Crippen LogP contribution is -2.28. The summed E-state index contributed by atoms with van der Waals surface area (Å²) in [6.45, 7) is 9.54. The molecule has 0 saturated carbocycles. The predicted octanol–water partition coefficient (Wildman–Crippen LogP) is 3.98. The SMILES string of the molecule is COc1cn(C(C=O)CCOC(C)(C)C)c(=O)cc1-c1cc(C)ccc1C(C)=O. The number of nitrogens with zero attached hydrogens (tertiary/aromatic N) is 1. The Morgan fingerprint density at radius 1 is 1.21 bits per heavy atom. The quantitative estimate of drug-likeness (QED) is 0.496. The number of aromatic nitrogens is 1. The summed E-state index contributed by atoms with van der Waals surface area (Å²) in [4.78, 5) is 36.6. The maximum Gasteiger partial charge on any atom is 0.252 e. The van der Waals surface area contributed by atoms with Crippen molar-refractivity contribution in [2.45, 2.75) is 52.7 Å². The van der Waals surface area contributed by atoms with E-state index in [-0.39, 0.29) is 16.9 Å². The fourth-order valence-corrected chi connectivity index (χ4v) is 3.11. The molecule has 6 heteroatoms. The molecule has 1 atom stereocenters. The van der Waals surface area contributed by atoms with Crippen LogP contribution < -0.4 is 10.3 Å². The first kappa shape index (κ1) is 22.6. The Hall–Kier alpha value is -2.73. The van der Waals surface area contributed by atoms with Crippen LogP contribution >= 0.6 is 0 Å². The number of aryl methyl sites for hydroxylation is 1. The van der Waals surface area contributed by atoms with Gasteiger partial charge < -0.3 is 18.8 Å². The number of ketones is 1. The molecule has 1 unspecified atom stereocenters. The van der Waals surface area contributed by atoms with E-state index in [1.807, 2.05) is 39.8 Å². The van der Waals surface area contributed by atoms with Gasteiger partial charge in [-0.3, -0.25) is 9.59 Å². The fourth-order valence-electron chi connectivity index (χ4n) is 3.11. The van der Waals surface area contributed by atoms with Crippen LogP contribution in [0.25, 0.3) is 11.1 Å². The highest BCUT2D eigenvalue weighted by atomic mass is 16.5. The molecule has 2 rings (SSSR count). The molecular formula is C23H29NO5. The van der Waals surface area contributed by atoms with Crippen LogP contribution in [0.3, 0.4) is 0 Å². The second-order valence-corrected chi connectivity index (χ2v) is 8.06. The molecule has 6 nitrogen and oxygen atoms in total. The van der Waals surface area contributed by atoms with Crippen LogP contribution in [-0.2, 0) is 9.53 Å². The molecule has 0 bridgehead atoms. The second kappa shape index (κ2) is 9.18. The molecule has 0 aliphatic heterocycles. The zero-order valence-corrected chi connectivity index (χ0v) is 17.9. The topological polar surface area (TPSA) is 74.6 Å². The average molecular weight is 399 g/mol. The van der Waals surface area contributed by atoms with E-state index in [4.69, 9.17) is 9.47 Å². The van der Waals surface area contributed by atoms with E-state index in [2.05, 4.69) is 0 Å². The molecule has 0 fully saturated rings.